The number of aromatic carboxylic acids is 1. The maximum atomic E-state index is 14.4. The molecule has 0 fully saturated rings. The molecule has 9 heteroatoms. The maximum Gasteiger partial charge on any atom is 1.00 e. The largest absolute Gasteiger partial charge is 1.00 e. The van der Waals surface area contributed by atoms with Crippen molar-refractivity contribution in [1.29, 1.82) is 0 Å². The SMILES string of the molecule is CCc1nc2c(C)cc(C)nc2n1Cc1ccc2nn(-c3ccccc3C(=O)[O-])c(C#Cc3ccccc3F)c2c1.[Na+]. The molecular formula is C33H25FN5NaO2. The molecule has 7 nitrogen and oxygen atoms in total. The van der Waals surface area contributed by atoms with Gasteiger partial charge < -0.3 is 14.5 Å². The third-order valence-electron chi connectivity index (χ3n) is 7.04. The zero-order valence-corrected chi connectivity index (χ0v) is 25.8. The van der Waals surface area contributed by atoms with Crippen LogP contribution in [0.15, 0.2) is 72.8 Å². The Morgan fingerprint density at radius 1 is 0.976 bits per heavy atom. The van der Waals surface area contributed by atoms with E-state index in [0.717, 1.165) is 40.2 Å². The minimum atomic E-state index is -1.33. The average molecular weight is 566 g/mol. The average Bonchev–Trinajstić information content (AvgIpc) is 3.50. The van der Waals surface area contributed by atoms with Gasteiger partial charge in [0.2, 0.25) is 0 Å². The zero-order chi connectivity index (χ0) is 28.7. The van der Waals surface area contributed by atoms with E-state index in [1.54, 1.807) is 36.4 Å². The van der Waals surface area contributed by atoms with Gasteiger partial charge in [-0.25, -0.2) is 19.0 Å². The molecule has 0 unspecified atom stereocenters. The van der Waals surface area contributed by atoms with Gasteiger partial charge in [0.25, 0.3) is 0 Å². The van der Waals surface area contributed by atoms with Crippen LogP contribution in [0.1, 0.15) is 51.2 Å². The first-order valence-corrected chi connectivity index (χ1v) is 13.3. The summed E-state index contributed by atoms with van der Waals surface area (Å²) in [7, 11) is 0. The summed E-state index contributed by atoms with van der Waals surface area (Å²) in [6.45, 7) is 6.60. The molecule has 3 heterocycles. The van der Waals surface area contributed by atoms with E-state index >= 15 is 0 Å². The van der Waals surface area contributed by atoms with Crippen LogP contribution < -0.4 is 34.7 Å². The number of carboxylic acids is 1. The Morgan fingerprint density at radius 3 is 2.50 bits per heavy atom. The number of carboxylic acid groups (broad SMARTS) is 1. The van der Waals surface area contributed by atoms with Crippen molar-refractivity contribution in [2.45, 2.75) is 33.7 Å². The van der Waals surface area contributed by atoms with Crippen LogP contribution in [0.3, 0.4) is 0 Å². The van der Waals surface area contributed by atoms with Crippen molar-refractivity contribution in [3.8, 4) is 17.5 Å². The third kappa shape index (κ3) is 5.35. The number of pyridine rings is 1. The molecule has 6 rings (SSSR count). The first kappa shape index (κ1) is 29.2. The zero-order valence-electron chi connectivity index (χ0n) is 23.8. The van der Waals surface area contributed by atoms with E-state index < -0.39 is 11.8 Å². The van der Waals surface area contributed by atoms with Crippen LogP contribution in [0.5, 0.6) is 0 Å². The fourth-order valence-corrected chi connectivity index (χ4v) is 5.11. The number of rotatable bonds is 5. The Balaban J connectivity index is 0.00000353. The Morgan fingerprint density at radius 2 is 1.74 bits per heavy atom. The number of aryl methyl sites for hydroxylation is 3. The van der Waals surface area contributed by atoms with Crippen molar-refractivity contribution in [3.05, 3.63) is 118 Å². The van der Waals surface area contributed by atoms with Crippen LogP contribution in [0.25, 0.3) is 27.8 Å². The topological polar surface area (TPSA) is 88.7 Å². The first-order valence-electron chi connectivity index (χ1n) is 13.3. The fourth-order valence-electron chi connectivity index (χ4n) is 5.11. The molecule has 0 bridgehead atoms. The van der Waals surface area contributed by atoms with Gasteiger partial charge in [-0.1, -0.05) is 49.2 Å². The quantitative estimate of drug-likeness (QED) is 0.236. The second-order valence-corrected chi connectivity index (χ2v) is 9.87. The van der Waals surface area contributed by atoms with Crippen molar-refractivity contribution in [1.82, 2.24) is 24.3 Å². The molecular weight excluding hydrogens is 540 g/mol. The Kier molecular flexibility index (Phi) is 8.28. The van der Waals surface area contributed by atoms with Gasteiger partial charge in [-0.2, -0.15) is 5.10 Å². The van der Waals surface area contributed by atoms with Gasteiger partial charge >= 0.3 is 29.6 Å². The number of para-hydroxylation sites is 1. The molecule has 0 aliphatic heterocycles. The van der Waals surface area contributed by atoms with Crippen molar-refractivity contribution in [2.24, 2.45) is 0 Å². The van der Waals surface area contributed by atoms with Gasteiger partial charge in [-0.15, -0.1) is 0 Å². The van der Waals surface area contributed by atoms with E-state index in [4.69, 9.17) is 15.1 Å². The molecule has 202 valence electrons. The van der Waals surface area contributed by atoms with Crippen LogP contribution in [-0.4, -0.2) is 30.3 Å². The Hall–Kier alpha value is -4.29. The summed E-state index contributed by atoms with van der Waals surface area (Å²) in [6, 6.07) is 20.6. The number of aromatic nitrogens is 5. The van der Waals surface area contributed by atoms with Gasteiger partial charge in [-0.05, 0) is 67.3 Å². The molecule has 0 N–H and O–H groups in total. The molecule has 0 saturated heterocycles. The van der Waals surface area contributed by atoms with Gasteiger partial charge in [0.1, 0.15) is 22.9 Å². The Labute approximate surface area is 264 Å². The second kappa shape index (κ2) is 11.9. The van der Waals surface area contributed by atoms with Crippen molar-refractivity contribution in [3.63, 3.8) is 0 Å². The van der Waals surface area contributed by atoms with Crippen molar-refractivity contribution in [2.75, 3.05) is 0 Å². The van der Waals surface area contributed by atoms with Crippen molar-refractivity contribution < 1.29 is 43.8 Å². The number of carbonyl (C=O) groups excluding carboxylic acids is 1. The summed E-state index contributed by atoms with van der Waals surface area (Å²) in [5.41, 5.74) is 6.26. The molecule has 0 amide bonds. The predicted octanol–water partition coefficient (Wildman–Crippen LogP) is 1.90. The van der Waals surface area contributed by atoms with E-state index in [0.29, 0.717) is 28.8 Å². The normalized spacial score (nSPS) is 10.9. The molecule has 0 aliphatic carbocycles. The summed E-state index contributed by atoms with van der Waals surface area (Å²) in [6.07, 6.45) is 0.744. The molecule has 0 spiro atoms. The van der Waals surface area contributed by atoms with Crippen LogP contribution in [0.2, 0.25) is 0 Å². The predicted molar refractivity (Wildman–Crippen MR) is 153 cm³/mol. The van der Waals surface area contributed by atoms with E-state index in [-0.39, 0.29) is 40.7 Å². The number of imidazole rings is 1. The first-order chi connectivity index (χ1) is 19.8. The number of hydrogen-bond acceptors (Lipinski definition) is 5. The molecule has 0 atom stereocenters. The number of nitrogens with zero attached hydrogens (tertiary/aromatic N) is 5. The van der Waals surface area contributed by atoms with Crippen molar-refractivity contribution >= 4 is 28.0 Å². The summed E-state index contributed by atoms with van der Waals surface area (Å²) >= 11 is 0. The summed E-state index contributed by atoms with van der Waals surface area (Å²) in [5.74, 6) is 5.15. The van der Waals surface area contributed by atoms with Gasteiger partial charge in [0.15, 0.2) is 5.65 Å². The number of hydrogen-bond donors (Lipinski definition) is 0. The molecule has 6 aromatic rings. The molecule has 0 saturated carbocycles. The van der Waals surface area contributed by atoms with Crippen LogP contribution in [-0.2, 0) is 13.0 Å². The number of fused-ring (bicyclic) bond motifs is 2. The standard InChI is InChI=1S/C33H26FN5O2.Na/c1-4-30-36-31-20(2)17-21(3)35-32(31)38(30)19-22-13-15-27-25(18-22)29(16-14-23-9-5-7-11-26(23)34)39(37-27)28-12-8-6-10-24(28)33(40)41;/h5-13,15,17-18H,4,19H2,1-3H3,(H,40,41);/q;+1/p-1. The van der Waals surface area contributed by atoms with Gasteiger partial charge in [0.05, 0.1) is 29.3 Å². The van der Waals surface area contributed by atoms with E-state index in [1.807, 2.05) is 38.1 Å². The smallest absolute Gasteiger partial charge is 0.545 e. The van der Waals surface area contributed by atoms with Crippen LogP contribution >= 0.6 is 0 Å². The monoisotopic (exact) mass is 565 g/mol. The fraction of sp³-hybridized carbons (Fsp3) is 0.152. The van der Waals surface area contributed by atoms with Gasteiger partial charge in [-0.3, -0.25) is 0 Å². The van der Waals surface area contributed by atoms with Crippen LogP contribution in [0, 0.1) is 31.5 Å². The third-order valence-corrected chi connectivity index (χ3v) is 7.04. The number of halogens is 1. The minimum absolute atomic E-state index is 0. The molecule has 3 aromatic carbocycles. The summed E-state index contributed by atoms with van der Waals surface area (Å²) in [5, 5.41) is 17.4. The summed E-state index contributed by atoms with van der Waals surface area (Å²) < 4.78 is 18.0. The molecule has 0 aliphatic rings. The molecule has 3 aromatic heterocycles. The number of benzene rings is 3. The second-order valence-electron chi connectivity index (χ2n) is 9.87. The summed E-state index contributed by atoms with van der Waals surface area (Å²) in [4.78, 5) is 21.6. The van der Waals surface area contributed by atoms with Gasteiger partial charge in [0, 0.05) is 23.1 Å². The Bertz CT molecular complexity index is 2050. The molecule has 0 radical (unpaired) electrons. The van der Waals surface area contributed by atoms with Crippen LogP contribution in [0.4, 0.5) is 4.39 Å². The van der Waals surface area contributed by atoms with E-state index in [9.17, 15) is 14.3 Å². The van der Waals surface area contributed by atoms with E-state index in [2.05, 4.69) is 23.3 Å². The maximum absolute atomic E-state index is 14.4. The minimum Gasteiger partial charge on any atom is -0.545 e. The number of carbonyl (C=O) groups is 1. The van der Waals surface area contributed by atoms with E-state index in [1.165, 1.54) is 16.8 Å². The molecule has 42 heavy (non-hydrogen) atoms.